The quantitative estimate of drug-likeness (QED) is 0.666. The molecule has 0 saturated heterocycles. The fourth-order valence-corrected chi connectivity index (χ4v) is 4.15. The van der Waals surface area contributed by atoms with Gasteiger partial charge in [0.25, 0.3) is 11.5 Å². The summed E-state index contributed by atoms with van der Waals surface area (Å²) < 4.78 is 14.5. The highest BCUT2D eigenvalue weighted by Gasteiger charge is 2.35. The molecule has 1 aliphatic carbocycles. The van der Waals surface area contributed by atoms with E-state index in [4.69, 9.17) is 0 Å². The summed E-state index contributed by atoms with van der Waals surface area (Å²) in [4.78, 5) is 39.7. The summed E-state index contributed by atoms with van der Waals surface area (Å²) in [6.45, 7) is 6.00. The van der Waals surface area contributed by atoms with Crippen molar-refractivity contribution in [1.82, 2.24) is 9.88 Å². The van der Waals surface area contributed by atoms with Gasteiger partial charge in [-0.15, -0.1) is 0 Å². The molecule has 0 atom stereocenters. The lowest BCUT2D eigenvalue weighted by molar-refractivity contribution is 0.0909. The number of nitrogens with one attached hydrogen (secondary N) is 1. The van der Waals surface area contributed by atoms with E-state index in [-0.39, 0.29) is 29.1 Å². The van der Waals surface area contributed by atoms with E-state index in [0.29, 0.717) is 35.2 Å². The molecule has 0 unspecified atom stereocenters. The van der Waals surface area contributed by atoms with Gasteiger partial charge in [0.15, 0.2) is 5.78 Å². The number of Topliss-reactive ketones (excluding diaryl/α,β-unsaturated/α-hetero) is 1. The maximum atomic E-state index is 13.5. The van der Waals surface area contributed by atoms with Crippen molar-refractivity contribution >= 4 is 11.7 Å². The molecular formula is C26H25FN2O3. The summed E-state index contributed by atoms with van der Waals surface area (Å²) in [5.74, 6) is -0.980. The van der Waals surface area contributed by atoms with Gasteiger partial charge in [-0.1, -0.05) is 43.7 Å². The zero-order chi connectivity index (χ0) is 23.0. The Balaban J connectivity index is 1.80. The van der Waals surface area contributed by atoms with E-state index in [9.17, 15) is 18.8 Å². The Kier molecular flexibility index (Phi) is 5.55. The third kappa shape index (κ3) is 4.26. The number of hydrogen-bond acceptors (Lipinski definition) is 3. The molecule has 4 rings (SSSR count). The second-order valence-electron chi connectivity index (χ2n) is 9.16. The van der Waals surface area contributed by atoms with Crippen LogP contribution in [-0.2, 0) is 13.0 Å². The van der Waals surface area contributed by atoms with Crippen molar-refractivity contribution in [3.63, 3.8) is 0 Å². The normalized spacial score (nSPS) is 14.7. The highest BCUT2D eigenvalue weighted by molar-refractivity contribution is 6.04. The van der Waals surface area contributed by atoms with Crippen molar-refractivity contribution < 1.29 is 14.0 Å². The number of rotatable bonds is 4. The number of fused-ring (bicyclic) bond motifs is 1. The monoisotopic (exact) mass is 432 g/mol. The molecule has 6 heteroatoms. The van der Waals surface area contributed by atoms with Gasteiger partial charge in [0.1, 0.15) is 11.4 Å². The Morgan fingerprint density at radius 3 is 2.34 bits per heavy atom. The number of aryl methyl sites for hydroxylation is 1. The number of carbonyl (C=O) groups is 2. The number of ketones is 1. The molecule has 1 aliphatic rings. The van der Waals surface area contributed by atoms with E-state index in [2.05, 4.69) is 5.32 Å². The fraction of sp³-hybridized carbons (Fsp3) is 0.269. The Bertz CT molecular complexity index is 1260. The predicted molar refractivity (Wildman–Crippen MR) is 121 cm³/mol. The van der Waals surface area contributed by atoms with E-state index in [1.54, 1.807) is 30.5 Å². The fourth-order valence-electron chi connectivity index (χ4n) is 4.15. The second-order valence-corrected chi connectivity index (χ2v) is 9.16. The smallest absolute Gasteiger partial charge is 0.268 e. The summed E-state index contributed by atoms with van der Waals surface area (Å²) in [6.07, 6.45) is 2.37. The molecule has 0 radical (unpaired) electrons. The van der Waals surface area contributed by atoms with Crippen LogP contribution in [-0.4, -0.2) is 16.3 Å². The minimum atomic E-state index is -0.539. The van der Waals surface area contributed by atoms with Crippen LogP contribution in [0.25, 0.3) is 5.69 Å². The molecule has 1 amide bonds. The first-order chi connectivity index (χ1) is 15.1. The number of amides is 1. The minimum Gasteiger partial charge on any atom is -0.348 e. The van der Waals surface area contributed by atoms with Crippen LogP contribution >= 0.6 is 0 Å². The lowest BCUT2D eigenvalue weighted by Gasteiger charge is -2.31. The van der Waals surface area contributed by atoms with Gasteiger partial charge in [-0.25, -0.2) is 4.39 Å². The molecular weight excluding hydrogens is 407 g/mol. The van der Waals surface area contributed by atoms with Crippen LogP contribution in [0.4, 0.5) is 4.39 Å². The summed E-state index contributed by atoms with van der Waals surface area (Å²) >= 11 is 0. The molecule has 0 saturated carbocycles. The molecule has 1 aromatic heterocycles. The SMILES string of the molecule is Cc1ccc(-n2cc3c(c(C(=O)NCc4ccc(F)cc4)c2=O)CC(C)(C)CC3=O)cc1. The Hall–Kier alpha value is -3.54. The van der Waals surface area contributed by atoms with Crippen molar-refractivity contribution in [3.8, 4) is 5.69 Å². The molecule has 2 aromatic carbocycles. The van der Waals surface area contributed by atoms with Gasteiger partial charge in [-0.3, -0.25) is 19.0 Å². The highest BCUT2D eigenvalue weighted by Crippen LogP contribution is 2.35. The van der Waals surface area contributed by atoms with Crippen LogP contribution in [0.15, 0.2) is 59.5 Å². The van der Waals surface area contributed by atoms with Crippen molar-refractivity contribution in [2.45, 2.75) is 40.2 Å². The molecule has 32 heavy (non-hydrogen) atoms. The lowest BCUT2D eigenvalue weighted by Crippen LogP contribution is -2.38. The first kappa shape index (κ1) is 21.7. The molecule has 164 valence electrons. The van der Waals surface area contributed by atoms with Crippen molar-refractivity contribution in [2.24, 2.45) is 5.41 Å². The average molecular weight is 432 g/mol. The van der Waals surface area contributed by atoms with Gasteiger partial charge < -0.3 is 5.32 Å². The molecule has 0 aliphatic heterocycles. The zero-order valence-corrected chi connectivity index (χ0v) is 18.4. The molecule has 0 fully saturated rings. The van der Waals surface area contributed by atoms with Crippen molar-refractivity contribution in [1.29, 1.82) is 0 Å². The van der Waals surface area contributed by atoms with Crippen LogP contribution in [0.3, 0.4) is 0 Å². The van der Waals surface area contributed by atoms with Gasteiger partial charge in [-0.05, 0) is 54.2 Å². The summed E-state index contributed by atoms with van der Waals surface area (Å²) in [5.41, 5.74) is 2.43. The number of aromatic nitrogens is 1. The third-order valence-electron chi connectivity index (χ3n) is 5.82. The topological polar surface area (TPSA) is 68.2 Å². The Morgan fingerprint density at radius 2 is 1.69 bits per heavy atom. The van der Waals surface area contributed by atoms with E-state index in [1.807, 2.05) is 32.9 Å². The zero-order valence-electron chi connectivity index (χ0n) is 18.4. The van der Waals surface area contributed by atoms with Gasteiger partial charge in [0.05, 0.1) is 0 Å². The Labute approximate surface area is 185 Å². The summed E-state index contributed by atoms with van der Waals surface area (Å²) in [7, 11) is 0. The molecule has 3 aromatic rings. The third-order valence-corrected chi connectivity index (χ3v) is 5.82. The van der Waals surface area contributed by atoms with Gasteiger partial charge in [-0.2, -0.15) is 0 Å². The van der Waals surface area contributed by atoms with E-state index < -0.39 is 11.5 Å². The summed E-state index contributed by atoms with van der Waals surface area (Å²) in [6, 6.07) is 13.1. The van der Waals surface area contributed by atoms with E-state index >= 15 is 0 Å². The van der Waals surface area contributed by atoms with Gasteiger partial charge in [0.2, 0.25) is 0 Å². The van der Waals surface area contributed by atoms with Crippen LogP contribution < -0.4 is 10.9 Å². The standard InChI is InChI=1S/C26H25FN2O3/c1-16-4-10-19(11-5-16)29-15-21-20(12-26(2,3)13-22(21)30)23(25(29)32)24(31)28-14-17-6-8-18(27)9-7-17/h4-11,15H,12-14H2,1-3H3,(H,28,31). The molecule has 0 bridgehead atoms. The maximum Gasteiger partial charge on any atom is 0.268 e. The van der Waals surface area contributed by atoms with Gasteiger partial charge >= 0.3 is 0 Å². The maximum absolute atomic E-state index is 13.5. The largest absolute Gasteiger partial charge is 0.348 e. The average Bonchev–Trinajstić information content (AvgIpc) is 2.73. The molecule has 5 nitrogen and oxygen atoms in total. The van der Waals surface area contributed by atoms with Gasteiger partial charge in [0, 0.05) is 30.4 Å². The van der Waals surface area contributed by atoms with E-state index in [1.165, 1.54) is 16.7 Å². The highest BCUT2D eigenvalue weighted by atomic mass is 19.1. The number of pyridine rings is 1. The first-order valence-corrected chi connectivity index (χ1v) is 10.6. The van der Waals surface area contributed by atoms with Crippen molar-refractivity contribution in [3.05, 3.63) is 98.7 Å². The number of halogens is 1. The molecule has 1 N–H and O–H groups in total. The van der Waals surface area contributed by atoms with Crippen LogP contribution in [0.2, 0.25) is 0 Å². The lowest BCUT2D eigenvalue weighted by atomic mass is 9.73. The van der Waals surface area contributed by atoms with Crippen LogP contribution in [0, 0.1) is 18.2 Å². The predicted octanol–water partition coefficient (Wildman–Crippen LogP) is 4.37. The minimum absolute atomic E-state index is 0.00804. The van der Waals surface area contributed by atoms with Crippen LogP contribution in [0.1, 0.15) is 57.7 Å². The molecule has 0 spiro atoms. The second kappa shape index (κ2) is 8.19. The first-order valence-electron chi connectivity index (χ1n) is 10.6. The molecule has 1 heterocycles. The van der Waals surface area contributed by atoms with Crippen molar-refractivity contribution in [2.75, 3.05) is 0 Å². The Morgan fingerprint density at radius 1 is 1.03 bits per heavy atom. The number of benzene rings is 2. The number of hydrogen-bond donors (Lipinski definition) is 1. The number of nitrogens with zero attached hydrogens (tertiary/aromatic N) is 1. The van der Waals surface area contributed by atoms with E-state index in [0.717, 1.165) is 5.56 Å². The number of carbonyl (C=O) groups excluding carboxylic acids is 2. The van der Waals surface area contributed by atoms with Crippen LogP contribution in [0.5, 0.6) is 0 Å². The summed E-state index contributed by atoms with van der Waals surface area (Å²) in [5, 5.41) is 2.77.